The molecule has 0 unspecified atom stereocenters. The van der Waals surface area contributed by atoms with Gasteiger partial charge in [-0.3, -0.25) is 4.90 Å². The number of nitriles is 1. The molecular formula is C29H37ClN6O. The molecule has 5 rings (SSSR count). The van der Waals surface area contributed by atoms with Crippen LogP contribution < -0.4 is 15.1 Å². The number of rotatable bonds is 4. The van der Waals surface area contributed by atoms with E-state index in [-0.39, 0.29) is 11.4 Å². The molecule has 3 heterocycles. The van der Waals surface area contributed by atoms with Crippen molar-refractivity contribution in [3.63, 3.8) is 0 Å². The highest BCUT2D eigenvalue weighted by Crippen LogP contribution is 2.42. The highest BCUT2D eigenvalue weighted by molar-refractivity contribution is 6.33. The number of likely N-dealkylation sites (tertiary alicyclic amines) is 1. The molecule has 37 heavy (non-hydrogen) atoms. The quantitative estimate of drug-likeness (QED) is 0.595. The number of hydrogen-bond donors (Lipinski definition) is 1. The molecule has 0 radical (unpaired) electrons. The minimum absolute atomic E-state index is 0.102. The van der Waals surface area contributed by atoms with E-state index in [9.17, 15) is 10.1 Å². The average Bonchev–Trinajstić information content (AvgIpc) is 3.33. The van der Waals surface area contributed by atoms with Gasteiger partial charge in [-0.1, -0.05) is 29.8 Å². The first-order valence-corrected chi connectivity index (χ1v) is 13.8. The summed E-state index contributed by atoms with van der Waals surface area (Å²) in [6, 6.07) is 16.5. The third kappa shape index (κ3) is 5.37. The van der Waals surface area contributed by atoms with Gasteiger partial charge in [0.05, 0.1) is 27.6 Å². The van der Waals surface area contributed by atoms with Gasteiger partial charge in [-0.15, -0.1) is 0 Å². The highest BCUT2D eigenvalue weighted by atomic mass is 35.5. The maximum absolute atomic E-state index is 13.5. The van der Waals surface area contributed by atoms with Crippen molar-refractivity contribution in [3.05, 3.63) is 53.1 Å². The first-order chi connectivity index (χ1) is 17.9. The monoisotopic (exact) mass is 520 g/mol. The normalized spacial score (nSPS) is 19.9. The molecule has 3 fully saturated rings. The number of amides is 2. The molecule has 1 spiro atoms. The van der Waals surface area contributed by atoms with E-state index < -0.39 is 0 Å². The van der Waals surface area contributed by atoms with Crippen molar-refractivity contribution in [2.24, 2.45) is 5.41 Å². The third-order valence-corrected chi connectivity index (χ3v) is 8.84. The predicted molar refractivity (Wildman–Crippen MR) is 151 cm³/mol. The fourth-order valence-corrected chi connectivity index (χ4v) is 6.40. The van der Waals surface area contributed by atoms with Crippen molar-refractivity contribution >= 4 is 34.7 Å². The summed E-state index contributed by atoms with van der Waals surface area (Å²) in [5.41, 5.74) is 3.35. The number of nitrogens with one attached hydrogen (secondary N) is 1. The Morgan fingerprint density at radius 3 is 2.24 bits per heavy atom. The number of piperidine rings is 1. The number of anilines is 3. The van der Waals surface area contributed by atoms with E-state index in [2.05, 4.69) is 46.0 Å². The minimum Gasteiger partial charge on any atom is -0.370 e. The molecule has 0 bridgehead atoms. The summed E-state index contributed by atoms with van der Waals surface area (Å²) in [6.45, 7) is 11.5. The van der Waals surface area contributed by atoms with Crippen molar-refractivity contribution in [3.8, 4) is 6.07 Å². The molecule has 2 aromatic carbocycles. The zero-order valence-electron chi connectivity index (χ0n) is 21.9. The third-order valence-electron chi connectivity index (χ3n) is 8.52. The van der Waals surface area contributed by atoms with Crippen LogP contribution in [0.3, 0.4) is 0 Å². The maximum Gasteiger partial charge on any atom is 0.321 e. The lowest BCUT2D eigenvalue weighted by Gasteiger charge is -2.40. The Balaban J connectivity index is 1.24. The van der Waals surface area contributed by atoms with Gasteiger partial charge in [0.25, 0.3) is 0 Å². The number of para-hydroxylation sites is 2. The topological polar surface area (TPSA) is 65.8 Å². The van der Waals surface area contributed by atoms with Gasteiger partial charge < -0.3 is 20.0 Å². The average molecular weight is 521 g/mol. The first kappa shape index (κ1) is 25.7. The van der Waals surface area contributed by atoms with E-state index >= 15 is 0 Å². The second kappa shape index (κ2) is 10.8. The van der Waals surface area contributed by atoms with Crippen LogP contribution in [-0.2, 0) is 0 Å². The number of benzene rings is 2. The molecule has 8 heteroatoms. The number of hydrogen-bond acceptors (Lipinski definition) is 5. The van der Waals surface area contributed by atoms with Crippen LogP contribution in [0.25, 0.3) is 0 Å². The molecule has 0 aromatic heterocycles. The number of carbonyl (C=O) groups excluding carboxylic acids is 1. The maximum atomic E-state index is 13.5. The van der Waals surface area contributed by atoms with E-state index in [1.807, 2.05) is 35.2 Å². The van der Waals surface area contributed by atoms with Crippen molar-refractivity contribution in [2.45, 2.75) is 39.2 Å². The number of nitrogens with zero attached hydrogens (tertiary/aromatic N) is 5. The molecule has 3 aliphatic rings. The molecule has 2 aromatic rings. The van der Waals surface area contributed by atoms with Crippen LogP contribution in [-0.4, -0.2) is 74.2 Å². The summed E-state index contributed by atoms with van der Waals surface area (Å²) in [6.07, 6.45) is 3.10. The standard InChI is InChI=1S/C29H37ClN6O/c1-22(2)33-16-18-35(19-17-33)26-9-5-6-23(20-31)27(26)32-28(37)36-15-12-29(21-36)10-13-34(14-11-29)25-8-4-3-7-24(25)30/h3-9,22H,10-19,21H2,1-2H3,(H,32,37). The zero-order valence-corrected chi connectivity index (χ0v) is 22.7. The van der Waals surface area contributed by atoms with E-state index in [1.54, 1.807) is 6.07 Å². The zero-order chi connectivity index (χ0) is 26.0. The van der Waals surface area contributed by atoms with Gasteiger partial charge in [0.15, 0.2) is 0 Å². The number of carbonyl (C=O) groups is 1. The van der Waals surface area contributed by atoms with Gasteiger partial charge in [-0.05, 0) is 62.8 Å². The molecule has 0 saturated carbocycles. The molecule has 0 aliphatic carbocycles. The van der Waals surface area contributed by atoms with Gasteiger partial charge in [0.2, 0.25) is 0 Å². The van der Waals surface area contributed by atoms with E-state index in [4.69, 9.17) is 11.6 Å². The summed E-state index contributed by atoms with van der Waals surface area (Å²) in [4.78, 5) is 22.5. The molecule has 3 saturated heterocycles. The largest absolute Gasteiger partial charge is 0.370 e. The minimum atomic E-state index is -0.102. The molecule has 196 valence electrons. The first-order valence-electron chi connectivity index (χ1n) is 13.5. The van der Waals surface area contributed by atoms with Gasteiger partial charge in [0.1, 0.15) is 6.07 Å². The Hall–Kier alpha value is -2.95. The Bertz CT molecular complexity index is 1160. The highest BCUT2D eigenvalue weighted by Gasteiger charge is 2.42. The Morgan fingerprint density at radius 1 is 0.919 bits per heavy atom. The van der Waals surface area contributed by atoms with Crippen LogP contribution >= 0.6 is 11.6 Å². The molecule has 1 N–H and O–H groups in total. The van der Waals surface area contributed by atoms with Crippen molar-refractivity contribution < 1.29 is 4.79 Å². The summed E-state index contributed by atoms with van der Waals surface area (Å²) < 4.78 is 0. The van der Waals surface area contributed by atoms with Crippen LogP contribution in [0.4, 0.5) is 21.9 Å². The second-order valence-electron chi connectivity index (χ2n) is 11.0. The number of urea groups is 1. The van der Waals surface area contributed by atoms with Gasteiger partial charge in [-0.25, -0.2) is 4.79 Å². The van der Waals surface area contributed by atoms with Crippen LogP contribution in [0.2, 0.25) is 5.02 Å². The van der Waals surface area contributed by atoms with Gasteiger partial charge in [0, 0.05) is 58.4 Å². The van der Waals surface area contributed by atoms with Gasteiger partial charge in [-0.2, -0.15) is 5.26 Å². The van der Waals surface area contributed by atoms with E-state index in [0.29, 0.717) is 17.3 Å². The van der Waals surface area contributed by atoms with Crippen LogP contribution in [0.5, 0.6) is 0 Å². The lowest BCUT2D eigenvalue weighted by atomic mass is 9.77. The van der Waals surface area contributed by atoms with Crippen LogP contribution in [0, 0.1) is 16.7 Å². The fourth-order valence-electron chi connectivity index (χ4n) is 6.14. The van der Waals surface area contributed by atoms with Crippen molar-refractivity contribution in [1.29, 1.82) is 5.26 Å². The SMILES string of the molecule is CC(C)N1CCN(c2cccc(C#N)c2NC(=O)N2CCC3(CCN(c4ccccc4Cl)CC3)C2)CC1. The molecule has 2 amide bonds. The summed E-state index contributed by atoms with van der Waals surface area (Å²) in [5.74, 6) is 0. The Labute approximate surface area is 225 Å². The Kier molecular flexibility index (Phi) is 7.50. The number of halogens is 1. The summed E-state index contributed by atoms with van der Waals surface area (Å²) >= 11 is 6.43. The molecule has 0 atom stereocenters. The van der Waals surface area contributed by atoms with Crippen LogP contribution in [0.15, 0.2) is 42.5 Å². The lowest BCUT2D eigenvalue weighted by Crippen LogP contribution is -2.49. The van der Waals surface area contributed by atoms with E-state index in [1.165, 1.54) is 0 Å². The number of piperazine rings is 1. The summed E-state index contributed by atoms with van der Waals surface area (Å²) in [5, 5.41) is 13.8. The second-order valence-corrected chi connectivity index (χ2v) is 11.4. The molecule has 7 nitrogen and oxygen atoms in total. The van der Waals surface area contributed by atoms with E-state index in [0.717, 1.165) is 88.0 Å². The summed E-state index contributed by atoms with van der Waals surface area (Å²) in [7, 11) is 0. The van der Waals surface area contributed by atoms with Gasteiger partial charge >= 0.3 is 6.03 Å². The fraction of sp³-hybridized carbons (Fsp3) is 0.517. The van der Waals surface area contributed by atoms with Crippen molar-refractivity contribution in [1.82, 2.24) is 9.80 Å². The lowest BCUT2D eigenvalue weighted by molar-refractivity contribution is 0.198. The Morgan fingerprint density at radius 2 is 1.57 bits per heavy atom. The van der Waals surface area contributed by atoms with Crippen LogP contribution in [0.1, 0.15) is 38.7 Å². The smallest absolute Gasteiger partial charge is 0.321 e. The predicted octanol–water partition coefficient (Wildman–Crippen LogP) is 5.27. The molecular weight excluding hydrogens is 484 g/mol. The molecule has 3 aliphatic heterocycles. The van der Waals surface area contributed by atoms with Crippen molar-refractivity contribution in [2.75, 3.05) is 67.5 Å².